The second-order valence-corrected chi connectivity index (χ2v) is 4.15. The van der Waals surface area contributed by atoms with Crippen molar-refractivity contribution in [1.29, 1.82) is 0 Å². The van der Waals surface area contributed by atoms with E-state index in [1.54, 1.807) is 0 Å². The molecule has 1 aliphatic heterocycles. The Morgan fingerprint density at radius 3 is 2.60 bits per heavy atom. The molecule has 20 heavy (non-hydrogen) atoms. The van der Waals surface area contributed by atoms with E-state index in [9.17, 15) is 24.5 Å². The number of amides is 1. The summed E-state index contributed by atoms with van der Waals surface area (Å²) >= 11 is 0. The number of non-ortho nitro benzene ring substituents is 1. The van der Waals surface area contributed by atoms with E-state index >= 15 is 0 Å². The van der Waals surface area contributed by atoms with Gasteiger partial charge in [-0.3, -0.25) is 19.7 Å². The number of anilines is 1. The van der Waals surface area contributed by atoms with Gasteiger partial charge in [0, 0.05) is 12.1 Å². The highest BCUT2D eigenvalue weighted by molar-refractivity contribution is 6.16. The largest absolute Gasteiger partial charge is 0.465 e. The van der Waals surface area contributed by atoms with Gasteiger partial charge in [0.2, 0.25) is 5.91 Å². The number of carbonyl (C=O) groups excluding carboxylic acids is 3. The molecular weight excluding hydrogens is 268 g/mol. The van der Waals surface area contributed by atoms with Crippen LogP contribution < -0.4 is 4.90 Å². The van der Waals surface area contributed by atoms with Crippen molar-refractivity contribution in [1.82, 2.24) is 0 Å². The molecule has 0 bridgehead atoms. The highest BCUT2D eigenvalue weighted by Crippen LogP contribution is 2.28. The summed E-state index contributed by atoms with van der Waals surface area (Å²) in [5.74, 6) is -1.53. The maximum absolute atomic E-state index is 11.7. The molecule has 0 aromatic heterocycles. The number of hydrogen-bond donors (Lipinski definition) is 0. The lowest BCUT2D eigenvalue weighted by Gasteiger charge is -2.17. The summed E-state index contributed by atoms with van der Waals surface area (Å²) in [6.45, 7) is -0.152. The van der Waals surface area contributed by atoms with Crippen LogP contribution in [-0.2, 0) is 14.3 Å². The van der Waals surface area contributed by atoms with E-state index in [4.69, 9.17) is 0 Å². The maximum Gasteiger partial charge on any atom is 0.340 e. The molecule has 0 unspecified atom stereocenters. The highest BCUT2D eigenvalue weighted by Gasteiger charge is 2.32. The molecule has 8 nitrogen and oxygen atoms in total. The monoisotopic (exact) mass is 278 g/mol. The summed E-state index contributed by atoms with van der Waals surface area (Å²) < 4.78 is 4.55. The van der Waals surface area contributed by atoms with E-state index in [0.29, 0.717) is 0 Å². The Morgan fingerprint density at radius 1 is 1.40 bits per heavy atom. The standard InChI is InChI=1S/C12H10N2O6/c1-20-12(17)9-4-7(14(18)19)2-3-10(9)13-6-8(15)5-11(13)16/h2-4H,5-6H2,1H3. The first-order chi connectivity index (χ1) is 9.43. The number of carbonyl (C=O) groups is 3. The van der Waals surface area contributed by atoms with Crippen molar-refractivity contribution >= 4 is 29.0 Å². The van der Waals surface area contributed by atoms with Gasteiger partial charge in [-0.25, -0.2) is 4.79 Å². The number of nitrogens with zero attached hydrogens (tertiary/aromatic N) is 2. The van der Waals surface area contributed by atoms with Crippen LogP contribution in [0.4, 0.5) is 11.4 Å². The molecule has 0 saturated carbocycles. The van der Waals surface area contributed by atoms with Gasteiger partial charge in [0.05, 0.1) is 36.2 Å². The van der Waals surface area contributed by atoms with Gasteiger partial charge < -0.3 is 9.64 Å². The maximum atomic E-state index is 11.7. The van der Waals surface area contributed by atoms with Crippen molar-refractivity contribution in [2.75, 3.05) is 18.6 Å². The van der Waals surface area contributed by atoms with Crippen LogP contribution in [0.1, 0.15) is 16.8 Å². The number of hydrogen-bond acceptors (Lipinski definition) is 6. The van der Waals surface area contributed by atoms with Gasteiger partial charge in [0.1, 0.15) is 0 Å². The van der Waals surface area contributed by atoms with Gasteiger partial charge in [0.15, 0.2) is 5.78 Å². The summed E-state index contributed by atoms with van der Waals surface area (Å²) in [5.41, 5.74) is -0.282. The normalized spacial score (nSPS) is 14.6. The number of nitro groups is 1. The fraction of sp³-hybridized carbons (Fsp3) is 0.250. The molecule has 0 radical (unpaired) electrons. The Labute approximate surface area is 113 Å². The SMILES string of the molecule is COC(=O)c1cc([N+](=O)[O-])ccc1N1CC(=O)CC1=O. The molecule has 0 N–H and O–H groups in total. The summed E-state index contributed by atoms with van der Waals surface area (Å²) in [4.78, 5) is 45.8. The smallest absolute Gasteiger partial charge is 0.340 e. The Kier molecular flexibility index (Phi) is 3.47. The van der Waals surface area contributed by atoms with Crippen LogP contribution in [-0.4, -0.2) is 36.2 Å². The average molecular weight is 278 g/mol. The number of ketones is 1. The summed E-state index contributed by atoms with van der Waals surface area (Å²) in [7, 11) is 1.13. The molecule has 0 spiro atoms. The van der Waals surface area contributed by atoms with Gasteiger partial charge in [-0.05, 0) is 6.07 Å². The molecular formula is C12H10N2O6. The van der Waals surface area contributed by atoms with Crippen molar-refractivity contribution in [3.8, 4) is 0 Å². The van der Waals surface area contributed by atoms with E-state index < -0.39 is 16.8 Å². The van der Waals surface area contributed by atoms with Crippen molar-refractivity contribution < 1.29 is 24.0 Å². The number of ether oxygens (including phenoxy) is 1. The number of Topliss-reactive ketones (excluding diaryl/α,β-unsaturated/α-hetero) is 1. The fourth-order valence-corrected chi connectivity index (χ4v) is 1.95. The average Bonchev–Trinajstić information content (AvgIpc) is 2.75. The molecule has 104 valence electrons. The molecule has 8 heteroatoms. The second kappa shape index (κ2) is 5.08. The Morgan fingerprint density at radius 2 is 2.10 bits per heavy atom. The van der Waals surface area contributed by atoms with Crippen LogP contribution in [0.3, 0.4) is 0 Å². The van der Waals surface area contributed by atoms with E-state index in [-0.39, 0.29) is 35.7 Å². The lowest BCUT2D eigenvalue weighted by molar-refractivity contribution is -0.384. The molecule has 0 atom stereocenters. The molecule has 2 rings (SSSR count). The zero-order valence-corrected chi connectivity index (χ0v) is 10.5. The van der Waals surface area contributed by atoms with Crippen molar-refractivity contribution in [2.24, 2.45) is 0 Å². The van der Waals surface area contributed by atoms with Crippen LogP contribution in [0, 0.1) is 10.1 Å². The number of esters is 1. The fourth-order valence-electron chi connectivity index (χ4n) is 1.95. The third kappa shape index (κ3) is 2.35. The summed E-state index contributed by atoms with van der Waals surface area (Å²) in [5, 5.41) is 10.7. The highest BCUT2D eigenvalue weighted by atomic mass is 16.6. The minimum Gasteiger partial charge on any atom is -0.465 e. The number of benzene rings is 1. The molecule has 1 amide bonds. The minimum atomic E-state index is -0.809. The number of nitro benzene ring substituents is 1. The zero-order valence-electron chi connectivity index (χ0n) is 10.5. The van der Waals surface area contributed by atoms with Gasteiger partial charge in [-0.15, -0.1) is 0 Å². The van der Waals surface area contributed by atoms with Crippen molar-refractivity contribution in [3.63, 3.8) is 0 Å². The third-order valence-corrected chi connectivity index (χ3v) is 2.87. The number of methoxy groups -OCH3 is 1. The first kappa shape index (κ1) is 13.7. The van der Waals surface area contributed by atoms with Crippen LogP contribution >= 0.6 is 0 Å². The van der Waals surface area contributed by atoms with E-state index in [2.05, 4.69) is 4.74 Å². The predicted octanol–water partition coefficient (Wildman–Crippen LogP) is 0.687. The van der Waals surface area contributed by atoms with Gasteiger partial charge in [-0.2, -0.15) is 0 Å². The Bertz CT molecular complexity index is 624. The third-order valence-electron chi connectivity index (χ3n) is 2.87. The molecule has 0 aliphatic carbocycles. The van der Waals surface area contributed by atoms with Crippen LogP contribution in [0.15, 0.2) is 18.2 Å². The Hall–Kier alpha value is -2.77. The van der Waals surface area contributed by atoms with Gasteiger partial charge >= 0.3 is 5.97 Å². The molecule has 1 saturated heterocycles. The first-order valence-electron chi connectivity index (χ1n) is 5.63. The molecule has 1 aromatic carbocycles. The van der Waals surface area contributed by atoms with Crippen LogP contribution in [0.5, 0.6) is 0 Å². The minimum absolute atomic E-state index is 0.121. The topological polar surface area (TPSA) is 107 Å². The van der Waals surface area contributed by atoms with Crippen molar-refractivity contribution in [2.45, 2.75) is 6.42 Å². The predicted molar refractivity (Wildman–Crippen MR) is 66.4 cm³/mol. The van der Waals surface area contributed by atoms with E-state index in [0.717, 1.165) is 24.1 Å². The van der Waals surface area contributed by atoms with E-state index in [1.807, 2.05) is 0 Å². The molecule has 1 heterocycles. The summed E-state index contributed by atoms with van der Waals surface area (Å²) in [6.07, 6.45) is -0.238. The van der Waals surface area contributed by atoms with Gasteiger partial charge in [-0.1, -0.05) is 0 Å². The second-order valence-electron chi connectivity index (χ2n) is 4.15. The van der Waals surface area contributed by atoms with Crippen LogP contribution in [0.2, 0.25) is 0 Å². The number of rotatable bonds is 3. The quantitative estimate of drug-likeness (QED) is 0.348. The zero-order chi connectivity index (χ0) is 14.9. The summed E-state index contributed by atoms with van der Waals surface area (Å²) in [6, 6.07) is 3.45. The van der Waals surface area contributed by atoms with Crippen LogP contribution in [0.25, 0.3) is 0 Å². The lowest BCUT2D eigenvalue weighted by atomic mass is 10.1. The van der Waals surface area contributed by atoms with Crippen molar-refractivity contribution in [3.05, 3.63) is 33.9 Å². The molecule has 1 aromatic rings. The molecule has 1 aliphatic rings. The Balaban J connectivity index is 2.52. The lowest BCUT2D eigenvalue weighted by Crippen LogP contribution is -2.26. The molecule has 1 fully saturated rings. The first-order valence-corrected chi connectivity index (χ1v) is 5.63. The van der Waals surface area contributed by atoms with E-state index in [1.165, 1.54) is 6.07 Å². The van der Waals surface area contributed by atoms with Gasteiger partial charge in [0.25, 0.3) is 5.69 Å².